The molecule has 15 heavy (non-hydrogen) atoms. The maximum absolute atomic E-state index is 10.6. The summed E-state index contributed by atoms with van der Waals surface area (Å²) < 4.78 is 20.6. The number of rotatable bonds is 6. The van der Waals surface area contributed by atoms with Gasteiger partial charge in [-0.25, -0.2) is 0 Å². The van der Waals surface area contributed by atoms with Crippen molar-refractivity contribution >= 4 is 5.97 Å². The van der Waals surface area contributed by atoms with Crippen LogP contribution >= 0.6 is 0 Å². The molecule has 1 aliphatic rings. The lowest BCUT2D eigenvalue weighted by molar-refractivity contribution is -0.180. The van der Waals surface area contributed by atoms with E-state index in [2.05, 4.69) is 6.92 Å². The fraction of sp³-hybridized carbons (Fsp3) is 0.900. The summed E-state index contributed by atoms with van der Waals surface area (Å²) in [7, 11) is 0. The zero-order chi connectivity index (χ0) is 11.1. The molecule has 0 bridgehead atoms. The number of carbonyl (C=O) groups is 1. The van der Waals surface area contributed by atoms with Crippen LogP contribution in [0.1, 0.15) is 26.7 Å². The highest BCUT2D eigenvalue weighted by Gasteiger charge is 2.28. The first-order chi connectivity index (χ1) is 7.22. The van der Waals surface area contributed by atoms with E-state index in [-0.39, 0.29) is 12.6 Å². The lowest BCUT2D eigenvalue weighted by Gasteiger charge is -2.11. The van der Waals surface area contributed by atoms with Gasteiger partial charge >= 0.3 is 5.97 Å². The Morgan fingerprint density at radius 2 is 2.33 bits per heavy atom. The van der Waals surface area contributed by atoms with Crippen LogP contribution in [0.4, 0.5) is 0 Å². The smallest absolute Gasteiger partial charge is 0.305 e. The van der Waals surface area contributed by atoms with Crippen molar-refractivity contribution in [3.63, 3.8) is 0 Å². The molecule has 2 atom stereocenters. The van der Waals surface area contributed by atoms with E-state index in [1.54, 1.807) is 0 Å². The van der Waals surface area contributed by atoms with Crippen LogP contribution in [0.25, 0.3) is 0 Å². The summed E-state index contributed by atoms with van der Waals surface area (Å²) in [6, 6.07) is 0. The van der Waals surface area contributed by atoms with E-state index in [1.165, 1.54) is 6.92 Å². The molecule has 0 N–H and O–H groups in total. The highest BCUT2D eigenvalue weighted by Crippen LogP contribution is 2.13. The summed E-state index contributed by atoms with van der Waals surface area (Å²) in [6.45, 7) is 4.81. The van der Waals surface area contributed by atoms with Crippen molar-refractivity contribution in [3.8, 4) is 0 Å². The predicted molar refractivity (Wildman–Crippen MR) is 52.1 cm³/mol. The van der Waals surface area contributed by atoms with E-state index in [1.807, 2.05) is 0 Å². The molecule has 0 radical (unpaired) electrons. The van der Waals surface area contributed by atoms with Crippen LogP contribution in [-0.4, -0.2) is 38.4 Å². The van der Waals surface area contributed by atoms with Gasteiger partial charge in [0.15, 0.2) is 6.29 Å². The van der Waals surface area contributed by atoms with Crippen LogP contribution in [0.3, 0.4) is 0 Å². The summed E-state index contributed by atoms with van der Waals surface area (Å²) in [5.74, 6) is -0.365. The van der Waals surface area contributed by atoms with Gasteiger partial charge in [0.05, 0.1) is 6.61 Å². The first-order valence-corrected chi connectivity index (χ1v) is 5.24. The van der Waals surface area contributed by atoms with Gasteiger partial charge in [0.25, 0.3) is 0 Å². The van der Waals surface area contributed by atoms with E-state index in [0.29, 0.717) is 13.2 Å². The number of hydrogen-bond donors (Lipinski definition) is 0. The largest absolute Gasteiger partial charge is 0.433 e. The summed E-state index contributed by atoms with van der Waals surface area (Å²) in [5, 5.41) is 0. The summed E-state index contributed by atoms with van der Waals surface area (Å²) in [4.78, 5) is 10.6. The Morgan fingerprint density at radius 3 is 3.00 bits per heavy atom. The molecular formula is C10H18O5. The minimum absolute atomic E-state index is 0.279. The average molecular weight is 218 g/mol. The van der Waals surface area contributed by atoms with E-state index in [0.717, 1.165) is 12.8 Å². The summed E-state index contributed by atoms with van der Waals surface area (Å²) >= 11 is 0. The van der Waals surface area contributed by atoms with Crippen molar-refractivity contribution in [2.24, 2.45) is 0 Å². The number of ether oxygens (including phenoxy) is 4. The number of unbranched alkanes of at least 4 members (excludes halogenated alkanes) is 1. The van der Waals surface area contributed by atoms with Gasteiger partial charge in [0.2, 0.25) is 6.29 Å². The standard InChI is InChI=1S/C10H18O5/c1-3-4-5-12-6-9-13-7-10(15-9)14-8(2)11/h9-10H,3-7H2,1-2H3/t9-,10?/m0/s1. The second-order valence-electron chi connectivity index (χ2n) is 3.37. The molecule has 0 aliphatic carbocycles. The topological polar surface area (TPSA) is 54.0 Å². The lowest BCUT2D eigenvalue weighted by atomic mass is 10.4. The lowest BCUT2D eigenvalue weighted by Crippen LogP contribution is -2.21. The maximum atomic E-state index is 10.6. The number of esters is 1. The van der Waals surface area contributed by atoms with Crippen LogP contribution in [0.15, 0.2) is 0 Å². The average Bonchev–Trinajstić information content (AvgIpc) is 2.59. The molecule has 1 fully saturated rings. The van der Waals surface area contributed by atoms with Gasteiger partial charge in [-0.15, -0.1) is 0 Å². The molecule has 1 aliphatic heterocycles. The Hall–Kier alpha value is -0.650. The zero-order valence-corrected chi connectivity index (χ0v) is 9.23. The molecule has 0 saturated carbocycles. The Morgan fingerprint density at radius 1 is 1.53 bits per heavy atom. The molecule has 0 aromatic carbocycles. The molecule has 5 nitrogen and oxygen atoms in total. The van der Waals surface area contributed by atoms with Crippen molar-refractivity contribution in [3.05, 3.63) is 0 Å². The first-order valence-electron chi connectivity index (χ1n) is 5.24. The molecule has 0 aromatic heterocycles. The highest BCUT2D eigenvalue weighted by atomic mass is 16.8. The molecular weight excluding hydrogens is 200 g/mol. The third-order valence-electron chi connectivity index (χ3n) is 1.92. The molecule has 1 unspecified atom stereocenters. The summed E-state index contributed by atoms with van der Waals surface area (Å²) in [6.07, 6.45) is 1.14. The Labute approximate surface area is 89.6 Å². The second kappa shape index (κ2) is 6.76. The minimum atomic E-state index is -0.581. The van der Waals surface area contributed by atoms with E-state index in [9.17, 15) is 4.79 Å². The third kappa shape index (κ3) is 5.11. The number of carbonyl (C=O) groups excluding carboxylic acids is 1. The van der Waals surface area contributed by atoms with Gasteiger partial charge in [-0.1, -0.05) is 13.3 Å². The minimum Gasteiger partial charge on any atom is -0.433 e. The molecule has 0 amide bonds. The van der Waals surface area contributed by atoms with Crippen LogP contribution in [-0.2, 0) is 23.7 Å². The highest BCUT2D eigenvalue weighted by molar-refractivity contribution is 5.66. The quantitative estimate of drug-likeness (QED) is 0.493. The monoisotopic (exact) mass is 218 g/mol. The van der Waals surface area contributed by atoms with Crippen molar-refractivity contribution in [2.45, 2.75) is 39.3 Å². The Bertz CT molecular complexity index is 194. The molecule has 1 heterocycles. The molecule has 0 aromatic rings. The molecule has 0 spiro atoms. The fourth-order valence-electron chi connectivity index (χ4n) is 1.19. The van der Waals surface area contributed by atoms with Gasteiger partial charge < -0.3 is 18.9 Å². The SMILES string of the molecule is CCCCOC[C@H]1OCC(OC(C)=O)O1. The van der Waals surface area contributed by atoms with Crippen molar-refractivity contribution in [1.82, 2.24) is 0 Å². The molecule has 5 heteroatoms. The van der Waals surface area contributed by atoms with Crippen LogP contribution in [0, 0.1) is 0 Å². The first kappa shape index (κ1) is 12.4. The predicted octanol–water partition coefficient (Wildman–Crippen LogP) is 1.07. The van der Waals surface area contributed by atoms with Crippen LogP contribution < -0.4 is 0 Å². The van der Waals surface area contributed by atoms with Gasteiger partial charge in [0, 0.05) is 13.5 Å². The number of hydrogen-bond acceptors (Lipinski definition) is 5. The van der Waals surface area contributed by atoms with E-state index < -0.39 is 12.6 Å². The van der Waals surface area contributed by atoms with E-state index >= 15 is 0 Å². The van der Waals surface area contributed by atoms with Gasteiger partial charge in [-0.3, -0.25) is 4.79 Å². The normalized spacial score (nSPS) is 25.5. The van der Waals surface area contributed by atoms with Gasteiger partial charge in [0.1, 0.15) is 6.61 Å². The van der Waals surface area contributed by atoms with Gasteiger partial charge in [-0.2, -0.15) is 0 Å². The molecule has 88 valence electrons. The third-order valence-corrected chi connectivity index (χ3v) is 1.92. The van der Waals surface area contributed by atoms with Crippen molar-refractivity contribution in [2.75, 3.05) is 19.8 Å². The van der Waals surface area contributed by atoms with Crippen molar-refractivity contribution in [1.29, 1.82) is 0 Å². The van der Waals surface area contributed by atoms with E-state index in [4.69, 9.17) is 18.9 Å². The zero-order valence-electron chi connectivity index (χ0n) is 9.23. The summed E-state index contributed by atoms with van der Waals surface area (Å²) in [5.41, 5.74) is 0. The second-order valence-corrected chi connectivity index (χ2v) is 3.37. The van der Waals surface area contributed by atoms with Crippen LogP contribution in [0.2, 0.25) is 0 Å². The Kier molecular flexibility index (Phi) is 5.60. The van der Waals surface area contributed by atoms with Crippen molar-refractivity contribution < 1.29 is 23.7 Å². The van der Waals surface area contributed by atoms with Gasteiger partial charge in [-0.05, 0) is 6.42 Å². The molecule has 1 saturated heterocycles. The maximum Gasteiger partial charge on any atom is 0.305 e. The van der Waals surface area contributed by atoms with Crippen LogP contribution in [0.5, 0.6) is 0 Å². The molecule has 1 rings (SSSR count). The Balaban J connectivity index is 2.05. The fourth-order valence-corrected chi connectivity index (χ4v) is 1.19.